The first-order chi connectivity index (χ1) is 13.1. The standard InChI is InChI=1S/C22H30O4SSi/c1-21(2,3)18-15-22(16-18,26-27(4,23)24)17-25-28(19-11-7-5-8-12-19)20-13-9-6-10-14-20/h5-14,18,28H,15-17H2,1-4H3/t18-,22+. The summed E-state index contributed by atoms with van der Waals surface area (Å²) in [6.07, 6.45) is 2.53. The zero-order chi connectivity index (χ0) is 20.4. The summed E-state index contributed by atoms with van der Waals surface area (Å²) in [6, 6.07) is 20.4. The van der Waals surface area contributed by atoms with E-state index in [0.717, 1.165) is 6.26 Å². The summed E-state index contributed by atoms with van der Waals surface area (Å²) in [6.45, 7) is 6.87. The molecule has 0 radical (unpaired) electrons. The van der Waals surface area contributed by atoms with Crippen LogP contribution in [-0.4, -0.2) is 35.9 Å². The molecule has 152 valence electrons. The fourth-order valence-electron chi connectivity index (χ4n) is 3.86. The van der Waals surface area contributed by atoms with E-state index in [0.29, 0.717) is 25.4 Å². The van der Waals surface area contributed by atoms with E-state index in [4.69, 9.17) is 8.61 Å². The monoisotopic (exact) mass is 418 g/mol. The second-order valence-corrected chi connectivity index (χ2v) is 13.0. The molecule has 0 spiro atoms. The Balaban J connectivity index is 1.82. The summed E-state index contributed by atoms with van der Waals surface area (Å²) >= 11 is 0. The zero-order valence-corrected chi connectivity index (χ0v) is 19.1. The van der Waals surface area contributed by atoms with Crippen LogP contribution in [0.3, 0.4) is 0 Å². The molecule has 4 nitrogen and oxygen atoms in total. The van der Waals surface area contributed by atoms with Gasteiger partial charge in [-0.25, -0.2) is 0 Å². The lowest BCUT2D eigenvalue weighted by Gasteiger charge is -2.51. The molecule has 0 aliphatic heterocycles. The van der Waals surface area contributed by atoms with Crippen LogP contribution in [0.5, 0.6) is 0 Å². The minimum atomic E-state index is -3.55. The molecule has 6 heteroatoms. The fraction of sp³-hybridized carbons (Fsp3) is 0.455. The van der Waals surface area contributed by atoms with Crippen molar-refractivity contribution in [3.8, 4) is 0 Å². The first kappa shape index (κ1) is 21.2. The lowest BCUT2D eigenvalue weighted by molar-refractivity contribution is -0.105. The van der Waals surface area contributed by atoms with Gasteiger partial charge in [-0.2, -0.15) is 8.42 Å². The van der Waals surface area contributed by atoms with Crippen molar-refractivity contribution in [3.05, 3.63) is 60.7 Å². The second kappa shape index (κ2) is 8.11. The molecule has 1 aliphatic rings. The van der Waals surface area contributed by atoms with Crippen molar-refractivity contribution in [1.29, 1.82) is 0 Å². The number of hydrogen-bond donors (Lipinski definition) is 0. The molecule has 0 atom stereocenters. The van der Waals surface area contributed by atoms with Gasteiger partial charge in [0.05, 0.1) is 12.9 Å². The first-order valence-electron chi connectivity index (χ1n) is 9.70. The van der Waals surface area contributed by atoms with Crippen molar-refractivity contribution in [3.63, 3.8) is 0 Å². The minimum Gasteiger partial charge on any atom is -0.408 e. The smallest absolute Gasteiger partial charge is 0.265 e. The number of benzene rings is 2. The summed E-state index contributed by atoms with van der Waals surface area (Å²) in [7, 11) is -5.49. The summed E-state index contributed by atoms with van der Waals surface area (Å²) < 4.78 is 35.9. The maximum atomic E-state index is 11.9. The lowest BCUT2D eigenvalue weighted by atomic mass is 9.61. The largest absolute Gasteiger partial charge is 0.408 e. The Morgan fingerprint density at radius 3 is 1.82 bits per heavy atom. The van der Waals surface area contributed by atoms with Gasteiger partial charge in [-0.05, 0) is 34.5 Å². The van der Waals surface area contributed by atoms with E-state index in [2.05, 4.69) is 45.0 Å². The molecule has 1 saturated carbocycles. The van der Waals surface area contributed by atoms with Crippen molar-refractivity contribution in [2.75, 3.05) is 12.9 Å². The lowest BCUT2D eigenvalue weighted by Crippen LogP contribution is -2.57. The third-order valence-electron chi connectivity index (χ3n) is 5.51. The highest BCUT2D eigenvalue weighted by Crippen LogP contribution is 2.50. The molecule has 0 saturated heterocycles. The Kier molecular flexibility index (Phi) is 6.15. The zero-order valence-electron chi connectivity index (χ0n) is 17.1. The highest BCUT2D eigenvalue weighted by Gasteiger charge is 2.52. The van der Waals surface area contributed by atoms with E-state index in [9.17, 15) is 8.42 Å². The van der Waals surface area contributed by atoms with Crippen molar-refractivity contribution >= 4 is 29.5 Å². The van der Waals surface area contributed by atoms with Crippen molar-refractivity contribution in [2.24, 2.45) is 11.3 Å². The van der Waals surface area contributed by atoms with Gasteiger partial charge in [0.1, 0.15) is 5.60 Å². The van der Waals surface area contributed by atoms with Crippen LogP contribution in [0.2, 0.25) is 0 Å². The third kappa shape index (κ3) is 5.32. The summed E-state index contributed by atoms with van der Waals surface area (Å²) in [5, 5.41) is 2.35. The Morgan fingerprint density at radius 2 is 1.43 bits per heavy atom. The molecule has 0 heterocycles. The molecule has 0 aromatic heterocycles. The van der Waals surface area contributed by atoms with Crippen LogP contribution in [-0.2, 0) is 18.7 Å². The molecular weight excluding hydrogens is 388 g/mol. The van der Waals surface area contributed by atoms with E-state index in [1.165, 1.54) is 10.4 Å². The molecule has 0 bridgehead atoms. The average molecular weight is 419 g/mol. The number of rotatable bonds is 7. The third-order valence-corrected chi connectivity index (χ3v) is 8.64. The number of hydrogen-bond acceptors (Lipinski definition) is 4. The van der Waals surface area contributed by atoms with Crippen LogP contribution in [0.4, 0.5) is 0 Å². The van der Waals surface area contributed by atoms with Gasteiger partial charge in [0.25, 0.3) is 10.1 Å². The van der Waals surface area contributed by atoms with Gasteiger partial charge in [-0.3, -0.25) is 4.18 Å². The van der Waals surface area contributed by atoms with E-state index >= 15 is 0 Å². The van der Waals surface area contributed by atoms with Gasteiger partial charge in [-0.15, -0.1) is 0 Å². The highest BCUT2D eigenvalue weighted by molar-refractivity contribution is 7.86. The van der Waals surface area contributed by atoms with Crippen LogP contribution in [0, 0.1) is 11.3 Å². The van der Waals surface area contributed by atoms with Gasteiger partial charge in [0, 0.05) is 0 Å². The minimum absolute atomic E-state index is 0.125. The summed E-state index contributed by atoms with van der Waals surface area (Å²) in [5.74, 6) is 0.423. The molecule has 1 aliphatic carbocycles. The second-order valence-electron chi connectivity index (χ2n) is 8.95. The Labute approximate surface area is 170 Å². The van der Waals surface area contributed by atoms with Crippen molar-refractivity contribution < 1.29 is 17.0 Å². The predicted octanol–water partition coefficient (Wildman–Crippen LogP) is 2.71. The van der Waals surface area contributed by atoms with Gasteiger partial charge in [0.2, 0.25) is 9.04 Å². The van der Waals surface area contributed by atoms with Crippen molar-refractivity contribution in [2.45, 2.75) is 39.2 Å². The molecule has 2 aromatic rings. The van der Waals surface area contributed by atoms with Gasteiger partial charge < -0.3 is 4.43 Å². The van der Waals surface area contributed by atoms with Crippen LogP contribution in [0.15, 0.2) is 60.7 Å². The maximum absolute atomic E-state index is 11.9. The molecule has 0 amide bonds. The van der Waals surface area contributed by atoms with E-state index in [1.807, 2.05) is 36.4 Å². The predicted molar refractivity (Wildman–Crippen MR) is 116 cm³/mol. The average Bonchev–Trinajstić information content (AvgIpc) is 2.59. The molecule has 0 unspecified atom stereocenters. The summed E-state index contributed by atoms with van der Waals surface area (Å²) in [4.78, 5) is 0. The molecule has 0 N–H and O–H groups in total. The SMILES string of the molecule is CC(C)(C)[C@H]1C[C@@](CO[SiH](c2ccccc2)c2ccccc2)(OS(C)(=O)=O)C1. The highest BCUT2D eigenvalue weighted by atomic mass is 32.2. The Hall–Kier alpha value is -1.47. The molecular formula is C22H30O4SSi. The molecule has 3 rings (SSSR count). The Bertz CT molecular complexity index is 830. The van der Waals surface area contributed by atoms with Gasteiger partial charge in [-0.1, -0.05) is 81.4 Å². The first-order valence-corrected chi connectivity index (χ1v) is 13.1. The van der Waals surface area contributed by atoms with E-state index < -0.39 is 24.8 Å². The topological polar surface area (TPSA) is 52.6 Å². The molecule has 1 fully saturated rings. The summed E-state index contributed by atoms with van der Waals surface area (Å²) in [5.41, 5.74) is -0.625. The molecule has 2 aromatic carbocycles. The van der Waals surface area contributed by atoms with Crippen LogP contribution < -0.4 is 10.4 Å². The fourth-order valence-corrected chi connectivity index (χ4v) is 7.07. The maximum Gasteiger partial charge on any atom is 0.265 e. The molecule has 28 heavy (non-hydrogen) atoms. The van der Waals surface area contributed by atoms with Crippen LogP contribution >= 0.6 is 0 Å². The normalized spacial score (nSPS) is 22.8. The van der Waals surface area contributed by atoms with Gasteiger partial charge in [0.15, 0.2) is 0 Å². The van der Waals surface area contributed by atoms with Crippen LogP contribution in [0.25, 0.3) is 0 Å². The van der Waals surface area contributed by atoms with Gasteiger partial charge >= 0.3 is 0 Å². The van der Waals surface area contributed by atoms with E-state index in [-0.39, 0.29) is 5.41 Å². The van der Waals surface area contributed by atoms with Crippen molar-refractivity contribution in [1.82, 2.24) is 0 Å². The van der Waals surface area contributed by atoms with E-state index in [1.54, 1.807) is 0 Å². The Morgan fingerprint density at radius 1 is 0.964 bits per heavy atom. The van der Waals surface area contributed by atoms with Crippen LogP contribution in [0.1, 0.15) is 33.6 Å². The quantitative estimate of drug-likeness (QED) is 0.512.